The maximum atomic E-state index is 11.6. The van der Waals surface area contributed by atoms with Gasteiger partial charge >= 0.3 is 0 Å². The highest BCUT2D eigenvalue weighted by atomic mass is 35.5. The second-order valence-corrected chi connectivity index (χ2v) is 13.3. The number of pyridine rings is 1. The first kappa shape index (κ1) is 27.1. The van der Waals surface area contributed by atoms with Crippen LogP contribution in [0, 0.1) is 0 Å². The number of hydrogen-bond donors (Lipinski definition) is 0. The van der Waals surface area contributed by atoms with E-state index in [0.717, 1.165) is 26.9 Å². The van der Waals surface area contributed by atoms with Crippen molar-refractivity contribution in [1.82, 2.24) is 0 Å². The summed E-state index contributed by atoms with van der Waals surface area (Å²) >= 11 is 9.01. The van der Waals surface area contributed by atoms with Crippen molar-refractivity contribution in [2.45, 2.75) is 31.2 Å². The van der Waals surface area contributed by atoms with Crippen LogP contribution in [0.4, 0.5) is 5.69 Å². The zero-order valence-electron chi connectivity index (χ0n) is 19.1. The average Bonchev–Trinajstić information content (AvgIpc) is 3.39. The second-order valence-electron chi connectivity index (χ2n) is 8.13. The first-order valence-electron chi connectivity index (χ1n) is 10.9. The summed E-state index contributed by atoms with van der Waals surface area (Å²) in [5.41, 5.74) is 3.37. The lowest BCUT2D eigenvalue weighted by molar-refractivity contribution is -0.671. The third-order valence-corrected chi connectivity index (χ3v) is 8.97. The normalized spacial score (nSPS) is 15.7. The molecule has 1 aromatic carbocycles. The van der Waals surface area contributed by atoms with Crippen molar-refractivity contribution in [3.8, 4) is 0 Å². The van der Waals surface area contributed by atoms with E-state index in [4.69, 9.17) is 11.6 Å². The van der Waals surface area contributed by atoms with Crippen molar-refractivity contribution in [2.75, 3.05) is 16.5 Å². The summed E-state index contributed by atoms with van der Waals surface area (Å²) in [5.74, 6) is -1.11. The van der Waals surface area contributed by atoms with Crippen LogP contribution in [0.2, 0.25) is 5.02 Å². The van der Waals surface area contributed by atoms with Gasteiger partial charge in [-0.3, -0.25) is 0 Å². The van der Waals surface area contributed by atoms with Crippen LogP contribution in [0.3, 0.4) is 0 Å². The molecule has 4 rings (SSSR count). The lowest BCUT2D eigenvalue weighted by Gasteiger charge is -2.22. The van der Waals surface area contributed by atoms with E-state index in [1.54, 1.807) is 18.2 Å². The van der Waals surface area contributed by atoms with Gasteiger partial charge in [0, 0.05) is 33.5 Å². The summed E-state index contributed by atoms with van der Waals surface area (Å²) in [6, 6.07) is 7.08. The molecule has 1 aliphatic heterocycles. The number of halogens is 1. The Kier molecular flexibility index (Phi) is 8.15. The molecule has 0 amide bonds. The number of rotatable bonds is 9. The van der Waals surface area contributed by atoms with Crippen molar-refractivity contribution in [2.24, 2.45) is 0 Å². The van der Waals surface area contributed by atoms with Gasteiger partial charge in [-0.05, 0) is 41.8 Å². The Hall–Kier alpha value is -1.93. The van der Waals surface area contributed by atoms with Gasteiger partial charge in [-0.25, -0.2) is 16.8 Å². The Morgan fingerprint density at radius 3 is 2.61 bits per heavy atom. The fourth-order valence-electron chi connectivity index (χ4n) is 3.88. The van der Waals surface area contributed by atoms with Gasteiger partial charge in [-0.1, -0.05) is 36.4 Å². The molecule has 0 unspecified atom stereocenters. The molecule has 0 spiro atoms. The Morgan fingerprint density at radius 1 is 1.14 bits per heavy atom. The zero-order chi connectivity index (χ0) is 26.1. The molecule has 0 saturated heterocycles. The number of aryl methyl sites for hydroxylation is 1. The summed E-state index contributed by atoms with van der Waals surface area (Å²) in [7, 11) is -8.80. The first-order valence-corrected chi connectivity index (χ1v) is 16.2. The van der Waals surface area contributed by atoms with E-state index in [1.165, 1.54) is 28.0 Å². The number of thiophene rings is 1. The standard InChI is InChI=1S/C23H23ClN2O6S4/c1-2-16(11-23-26(15-36(30,31)32)20-12-18(24)4-5-22(20)34-23)10-17-6-8-25(7-3-9-35(27,28)29)21-14-33-13-19(17)21/h4-6,8,10-14H,2-3,7,9,15H2,1H3,(H-,27,28,29,30,31,32)/p-1. The van der Waals surface area contributed by atoms with E-state index in [0.29, 0.717) is 28.7 Å². The molecule has 0 fully saturated rings. The van der Waals surface area contributed by atoms with Crippen LogP contribution in [0.5, 0.6) is 0 Å². The summed E-state index contributed by atoms with van der Waals surface area (Å²) in [4.78, 5) is 2.28. The summed E-state index contributed by atoms with van der Waals surface area (Å²) in [6.45, 7) is 2.39. The quantitative estimate of drug-likeness (QED) is 0.265. The van der Waals surface area contributed by atoms with Crippen LogP contribution < -0.4 is 9.47 Å². The molecule has 3 aromatic rings. The van der Waals surface area contributed by atoms with Gasteiger partial charge in [0.15, 0.2) is 6.20 Å². The highest BCUT2D eigenvalue weighted by molar-refractivity contribution is 8.03. The lowest BCUT2D eigenvalue weighted by Crippen LogP contribution is -2.34. The molecular formula is C23H22ClN2O6S4-. The Balaban J connectivity index is 1.68. The number of benzene rings is 1. The number of allylic oxidation sites excluding steroid dienone is 2. The number of aromatic nitrogens is 1. The van der Waals surface area contributed by atoms with Gasteiger partial charge in [0.1, 0.15) is 22.5 Å². The van der Waals surface area contributed by atoms with E-state index in [1.807, 2.05) is 46.7 Å². The third-order valence-electron chi connectivity index (χ3n) is 5.53. The van der Waals surface area contributed by atoms with Gasteiger partial charge in [-0.15, -0.1) is 11.3 Å². The van der Waals surface area contributed by atoms with Crippen LogP contribution in [0.15, 0.2) is 62.8 Å². The zero-order valence-corrected chi connectivity index (χ0v) is 23.1. The van der Waals surface area contributed by atoms with Crippen LogP contribution in [-0.2, 0) is 26.8 Å². The minimum Gasteiger partial charge on any atom is -0.748 e. The number of thioether (sulfide) groups is 1. The Labute approximate surface area is 223 Å². The summed E-state index contributed by atoms with van der Waals surface area (Å²) in [6.07, 6.45) is 6.62. The molecule has 0 aliphatic carbocycles. The van der Waals surface area contributed by atoms with E-state index >= 15 is 0 Å². The minimum absolute atomic E-state index is 0.225. The van der Waals surface area contributed by atoms with Crippen molar-refractivity contribution in [3.05, 3.63) is 68.5 Å². The number of anilines is 1. The Morgan fingerprint density at radius 2 is 1.92 bits per heavy atom. The molecule has 0 saturated carbocycles. The molecule has 13 heteroatoms. The van der Waals surface area contributed by atoms with E-state index in [9.17, 15) is 25.9 Å². The average molecular weight is 586 g/mol. The van der Waals surface area contributed by atoms with Gasteiger partial charge in [0.05, 0.1) is 31.6 Å². The summed E-state index contributed by atoms with van der Waals surface area (Å²) < 4.78 is 69.6. The molecule has 3 heterocycles. The third kappa shape index (κ3) is 6.68. The van der Waals surface area contributed by atoms with Crippen molar-refractivity contribution < 1.29 is 30.5 Å². The van der Waals surface area contributed by atoms with E-state index < -0.39 is 31.9 Å². The summed E-state index contributed by atoms with van der Waals surface area (Å²) in [5, 5.41) is 6.01. The SMILES string of the molecule is CCC(=C\c1cc[n+](CCCS(=O)(=O)[O-])c2cscc12)/C=C1/Sc2ccc(Cl)cc2N1CS(=O)(=O)[O-]. The topological polar surface area (TPSA) is 122 Å². The van der Waals surface area contributed by atoms with Crippen molar-refractivity contribution in [3.63, 3.8) is 0 Å². The van der Waals surface area contributed by atoms with Gasteiger partial charge < -0.3 is 14.0 Å². The van der Waals surface area contributed by atoms with Crippen LogP contribution >= 0.6 is 34.7 Å². The molecule has 8 nitrogen and oxygen atoms in total. The van der Waals surface area contributed by atoms with Gasteiger partial charge in [0.2, 0.25) is 5.52 Å². The highest BCUT2D eigenvalue weighted by Gasteiger charge is 2.27. The largest absolute Gasteiger partial charge is 0.748 e. The number of hydrogen-bond acceptors (Lipinski definition) is 9. The molecule has 1 aliphatic rings. The molecule has 0 bridgehead atoms. The molecule has 0 radical (unpaired) electrons. The molecule has 0 N–H and O–H groups in total. The van der Waals surface area contributed by atoms with Gasteiger partial charge in [0.25, 0.3) is 0 Å². The second kappa shape index (κ2) is 10.8. The fourth-order valence-corrected chi connectivity index (χ4v) is 7.17. The number of nitrogens with zero attached hydrogens (tertiary/aromatic N) is 2. The molecule has 36 heavy (non-hydrogen) atoms. The monoisotopic (exact) mass is 585 g/mol. The number of fused-ring (bicyclic) bond motifs is 2. The Bertz CT molecular complexity index is 1580. The molecule has 0 atom stereocenters. The smallest absolute Gasteiger partial charge is 0.223 e. The molecule has 2 aromatic heterocycles. The molecule has 192 valence electrons. The lowest BCUT2D eigenvalue weighted by atomic mass is 10.1. The van der Waals surface area contributed by atoms with Crippen molar-refractivity contribution >= 4 is 77.6 Å². The van der Waals surface area contributed by atoms with E-state index in [2.05, 4.69) is 0 Å². The fraction of sp³-hybridized carbons (Fsp3) is 0.261. The van der Waals surface area contributed by atoms with Gasteiger partial charge in [-0.2, -0.15) is 4.57 Å². The maximum Gasteiger partial charge on any atom is 0.223 e. The first-order chi connectivity index (χ1) is 16.9. The van der Waals surface area contributed by atoms with Crippen LogP contribution in [0.1, 0.15) is 25.3 Å². The highest BCUT2D eigenvalue weighted by Crippen LogP contribution is 2.47. The van der Waals surface area contributed by atoms with Crippen molar-refractivity contribution in [1.29, 1.82) is 0 Å². The molecular weight excluding hydrogens is 564 g/mol. The van der Waals surface area contributed by atoms with Crippen LogP contribution in [0.25, 0.3) is 17.0 Å². The maximum absolute atomic E-state index is 11.6. The predicted octanol–water partition coefficient (Wildman–Crippen LogP) is 4.53. The van der Waals surface area contributed by atoms with E-state index in [-0.39, 0.29) is 6.42 Å². The minimum atomic E-state index is -4.54. The predicted molar refractivity (Wildman–Crippen MR) is 142 cm³/mol. The van der Waals surface area contributed by atoms with Crippen LogP contribution in [-0.4, -0.2) is 37.6 Å².